The van der Waals surface area contributed by atoms with Gasteiger partial charge in [-0.3, -0.25) is 24.5 Å². The van der Waals surface area contributed by atoms with Gasteiger partial charge in [-0.15, -0.1) is 22.7 Å². The Kier molecular flexibility index (Phi) is 19.5. The molecule has 0 bridgehead atoms. The van der Waals surface area contributed by atoms with Crippen LogP contribution in [0.2, 0.25) is 0 Å². The van der Waals surface area contributed by atoms with Gasteiger partial charge in [0, 0.05) is 61.4 Å². The highest BCUT2D eigenvalue weighted by atomic mass is 32.1. The molecule has 3 atom stereocenters. The molecule has 4 N–H and O–H groups in total. The monoisotopic (exact) mass is 1170 g/mol. The number of aliphatic hydroxyl groups is 1. The summed E-state index contributed by atoms with van der Waals surface area (Å²) in [4.78, 5) is 86.3. The third kappa shape index (κ3) is 14.7. The predicted octanol–water partition coefficient (Wildman–Crippen LogP) is 10.4. The minimum Gasteiger partial charge on any atom is -0.491 e. The minimum absolute atomic E-state index is 0.00194. The predicted molar refractivity (Wildman–Crippen MR) is 319 cm³/mol. The van der Waals surface area contributed by atoms with Gasteiger partial charge in [0.15, 0.2) is 27.5 Å². The second-order valence-electron chi connectivity index (χ2n) is 21.6. The van der Waals surface area contributed by atoms with Crippen LogP contribution in [0.1, 0.15) is 126 Å². The first-order valence-electron chi connectivity index (χ1n) is 27.6. The van der Waals surface area contributed by atoms with Gasteiger partial charge < -0.3 is 35.0 Å². The standard InChI is InChI=1S/C62H67FN8O8S3/c1-38-54(80-37-65-38)42-26-23-40(24-27-42)34-64-57(75)48-33-43(72)35-71(48)58(76)55(62(2,3)4)67-52(73)22-11-9-7-6-8-10-16-39-25-28-49(46(63)32-39)79-31-15-21-51-53(59(77)78-5)68-61(82-51)70-30-29-41-17-14-18-44(45(41)36-70)56(74)69-60-66-47-19-12-13-20-50(47)81-60/h12-14,17-20,23-28,32,37,43,48,55,72H,6-9,11,15,21-22,29-31,33-36H2,1-5H3,(H,64,75)(H,67,73)(H,66,69,74)/t43-,48+,55-/m1/s1. The van der Waals surface area contributed by atoms with E-state index >= 15 is 4.39 Å². The SMILES string of the molecule is COC(=O)c1nc(N2CCc3cccc(C(=O)Nc4nc5ccccc5s4)c3C2)sc1CCCOc1ccc(C#CCCCCCCC(=O)N[C@H](C(=O)N2C[C@H](O)C[C@H]2C(=O)NCc2ccc(-c3scnc3C)cc2)C(C)(C)C)cc1F. The van der Waals surface area contributed by atoms with E-state index in [4.69, 9.17) is 14.5 Å². The topological polar surface area (TPSA) is 205 Å². The molecule has 4 aromatic carbocycles. The van der Waals surface area contributed by atoms with E-state index in [0.717, 1.165) is 67.2 Å². The van der Waals surface area contributed by atoms with Gasteiger partial charge in [0.1, 0.15) is 12.1 Å². The number of anilines is 2. The number of unbranched alkanes of at least 4 members (excludes halogenated alkanes) is 4. The number of nitrogens with one attached hydrogen (secondary N) is 3. The van der Waals surface area contributed by atoms with E-state index in [0.29, 0.717) is 66.6 Å². The number of benzene rings is 4. The highest BCUT2D eigenvalue weighted by molar-refractivity contribution is 7.22. The van der Waals surface area contributed by atoms with Crippen LogP contribution in [-0.2, 0) is 45.1 Å². The maximum Gasteiger partial charge on any atom is 0.357 e. The van der Waals surface area contributed by atoms with Crippen molar-refractivity contribution in [3.05, 3.63) is 140 Å². The Bertz CT molecular complexity index is 3470. The van der Waals surface area contributed by atoms with Crippen LogP contribution in [0.5, 0.6) is 5.75 Å². The lowest BCUT2D eigenvalue weighted by atomic mass is 9.85. The van der Waals surface area contributed by atoms with E-state index < -0.39 is 41.3 Å². The molecular formula is C62H67FN8O8S3. The fourth-order valence-electron chi connectivity index (χ4n) is 10.1. The van der Waals surface area contributed by atoms with Crippen molar-refractivity contribution in [2.24, 2.45) is 5.41 Å². The summed E-state index contributed by atoms with van der Waals surface area (Å²) >= 11 is 4.39. The van der Waals surface area contributed by atoms with Crippen LogP contribution in [0.3, 0.4) is 0 Å². The van der Waals surface area contributed by atoms with Crippen LogP contribution in [0.15, 0.2) is 90.4 Å². The number of hydrogen-bond donors (Lipinski definition) is 4. The average molecular weight is 1170 g/mol. The molecule has 4 amide bonds. The van der Waals surface area contributed by atoms with E-state index in [1.54, 1.807) is 23.5 Å². The van der Waals surface area contributed by atoms with Gasteiger partial charge in [-0.25, -0.2) is 24.1 Å². The molecule has 2 aliphatic rings. The Morgan fingerprint density at radius 1 is 0.939 bits per heavy atom. The van der Waals surface area contributed by atoms with Gasteiger partial charge >= 0.3 is 5.97 Å². The van der Waals surface area contributed by atoms with Gasteiger partial charge in [0.25, 0.3) is 5.91 Å². The molecule has 3 aromatic heterocycles. The lowest BCUT2D eigenvalue weighted by molar-refractivity contribution is -0.144. The van der Waals surface area contributed by atoms with Crippen molar-refractivity contribution >= 4 is 84.1 Å². The number of fused-ring (bicyclic) bond motifs is 2. The molecule has 0 radical (unpaired) electrons. The smallest absolute Gasteiger partial charge is 0.357 e. The fourth-order valence-corrected chi connectivity index (χ4v) is 12.9. The first kappa shape index (κ1) is 59.1. The van der Waals surface area contributed by atoms with Crippen molar-refractivity contribution in [1.82, 2.24) is 30.5 Å². The van der Waals surface area contributed by atoms with Crippen molar-refractivity contribution in [3.63, 3.8) is 0 Å². The van der Waals surface area contributed by atoms with Gasteiger partial charge in [-0.1, -0.05) is 105 Å². The quantitative estimate of drug-likeness (QED) is 0.0301. The number of aliphatic hydroxyl groups excluding tert-OH is 1. The summed E-state index contributed by atoms with van der Waals surface area (Å²) in [6.45, 7) is 9.07. The number of carbonyl (C=O) groups is 5. The number of esters is 1. The third-order valence-corrected chi connectivity index (χ3v) is 17.6. The molecule has 1 saturated heterocycles. The van der Waals surface area contributed by atoms with Crippen LogP contribution in [0, 0.1) is 30.0 Å². The first-order valence-corrected chi connectivity index (χ1v) is 30.1. The number of carbonyl (C=O) groups excluding carboxylic acids is 5. The number of aromatic nitrogens is 3. The maximum absolute atomic E-state index is 15.2. The van der Waals surface area contributed by atoms with Gasteiger partial charge in [-0.2, -0.15) is 0 Å². The number of thiazole rings is 3. The normalized spacial score (nSPS) is 15.3. The highest BCUT2D eigenvalue weighted by Crippen LogP contribution is 2.35. The second kappa shape index (κ2) is 27.0. The van der Waals surface area contributed by atoms with Crippen molar-refractivity contribution in [2.75, 3.05) is 37.0 Å². The molecule has 5 heterocycles. The molecule has 82 heavy (non-hydrogen) atoms. The van der Waals surface area contributed by atoms with E-state index in [1.165, 1.54) is 40.7 Å². The molecule has 0 spiro atoms. The Labute approximate surface area is 488 Å². The summed E-state index contributed by atoms with van der Waals surface area (Å²) in [6.07, 6.45) is 4.66. The lowest BCUT2D eigenvalue weighted by Crippen LogP contribution is -2.57. The number of para-hydroxylation sites is 1. The summed E-state index contributed by atoms with van der Waals surface area (Å²) in [5.41, 5.74) is 8.15. The Morgan fingerprint density at radius 2 is 1.74 bits per heavy atom. The minimum atomic E-state index is -0.904. The van der Waals surface area contributed by atoms with Crippen molar-refractivity contribution < 1.29 is 42.9 Å². The second-order valence-corrected chi connectivity index (χ2v) is 24.5. The Balaban J connectivity index is 0.686. The third-order valence-electron chi connectivity index (χ3n) is 14.5. The van der Waals surface area contributed by atoms with E-state index in [2.05, 4.69) is 42.7 Å². The van der Waals surface area contributed by atoms with Crippen LogP contribution in [-0.4, -0.2) is 99.6 Å². The molecule has 428 valence electrons. The number of rotatable bonds is 21. The number of methoxy groups -OCH3 is 1. The highest BCUT2D eigenvalue weighted by Gasteiger charge is 2.44. The number of aryl methyl sites for hydroxylation is 2. The van der Waals surface area contributed by atoms with Crippen LogP contribution in [0.4, 0.5) is 14.7 Å². The molecular weight excluding hydrogens is 1100 g/mol. The molecule has 2 aliphatic heterocycles. The van der Waals surface area contributed by atoms with Crippen LogP contribution in [0.25, 0.3) is 20.7 Å². The van der Waals surface area contributed by atoms with E-state index in [1.807, 2.05) is 99.9 Å². The molecule has 16 nitrogen and oxygen atoms in total. The zero-order valence-electron chi connectivity index (χ0n) is 46.6. The van der Waals surface area contributed by atoms with Gasteiger partial charge in [0.2, 0.25) is 17.7 Å². The van der Waals surface area contributed by atoms with Gasteiger partial charge in [-0.05, 0) is 103 Å². The maximum atomic E-state index is 15.2. The Morgan fingerprint density at radius 3 is 2.50 bits per heavy atom. The number of nitrogens with zero attached hydrogens (tertiary/aromatic N) is 5. The molecule has 0 aliphatic carbocycles. The van der Waals surface area contributed by atoms with Crippen molar-refractivity contribution in [1.29, 1.82) is 0 Å². The number of amides is 4. The van der Waals surface area contributed by atoms with Crippen molar-refractivity contribution in [2.45, 2.75) is 123 Å². The Hall–Kier alpha value is -7.57. The zero-order valence-corrected chi connectivity index (χ0v) is 49.1. The summed E-state index contributed by atoms with van der Waals surface area (Å²) in [5.74, 6) is 3.90. The van der Waals surface area contributed by atoms with E-state index in [9.17, 15) is 29.1 Å². The number of ether oxygens (including phenoxy) is 2. The number of β-amino-alcohol motifs (C(OH)–C–C–N with tert-alkyl or cyclic N) is 1. The van der Waals surface area contributed by atoms with Crippen molar-refractivity contribution in [3.8, 4) is 28.0 Å². The summed E-state index contributed by atoms with van der Waals surface area (Å²) in [7, 11) is 1.32. The lowest BCUT2D eigenvalue weighted by Gasteiger charge is -2.35. The average Bonchev–Trinajstić information content (AvgIpc) is 4.41. The van der Waals surface area contributed by atoms with Gasteiger partial charge in [0.05, 0.1) is 46.1 Å². The largest absolute Gasteiger partial charge is 0.491 e. The summed E-state index contributed by atoms with van der Waals surface area (Å²) < 4.78 is 27.2. The zero-order chi connectivity index (χ0) is 57.9. The number of halogens is 1. The fraction of sp³-hybridized carbons (Fsp3) is 0.387. The first-order chi connectivity index (χ1) is 39.5. The molecule has 0 unspecified atom stereocenters. The van der Waals surface area contributed by atoms with Crippen LogP contribution < -0.4 is 25.6 Å². The summed E-state index contributed by atoms with van der Waals surface area (Å²) in [5, 5.41) is 20.7. The number of likely N-dealkylation sites (tertiary alicyclic amines) is 1. The van der Waals surface area contributed by atoms with Crippen LogP contribution >= 0.6 is 34.0 Å². The molecule has 1 fully saturated rings. The van der Waals surface area contributed by atoms with E-state index in [-0.39, 0.29) is 61.7 Å². The summed E-state index contributed by atoms with van der Waals surface area (Å²) in [6, 6.07) is 24.2. The molecule has 7 aromatic rings. The number of hydrogen-bond acceptors (Lipinski definition) is 15. The molecule has 20 heteroatoms. The molecule has 9 rings (SSSR count). The molecule has 0 saturated carbocycles.